The zero-order valence-corrected chi connectivity index (χ0v) is 15.2. The lowest BCUT2D eigenvalue weighted by Gasteiger charge is -2.38. The number of amides is 1. The lowest BCUT2D eigenvalue weighted by molar-refractivity contribution is -0.139. The van der Waals surface area contributed by atoms with Crippen LogP contribution in [0.15, 0.2) is 18.2 Å². The van der Waals surface area contributed by atoms with Crippen molar-refractivity contribution < 1.29 is 9.53 Å². The summed E-state index contributed by atoms with van der Waals surface area (Å²) in [6.45, 7) is 8.87. The molecule has 2 heterocycles. The number of aryl methyl sites for hydroxylation is 2. The number of hydrogen-bond acceptors (Lipinski definition) is 3. The van der Waals surface area contributed by atoms with Gasteiger partial charge in [-0.1, -0.05) is 19.1 Å². The number of benzene rings is 1. The van der Waals surface area contributed by atoms with E-state index in [0.29, 0.717) is 5.91 Å². The summed E-state index contributed by atoms with van der Waals surface area (Å²) in [6.07, 6.45) is 5.00. The summed E-state index contributed by atoms with van der Waals surface area (Å²) in [6, 6.07) is 6.34. The van der Waals surface area contributed by atoms with E-state index in [2.05, 4.69) is 44.3 Å². The number of ether oxygens (including phenoxy) is 1. The average molecular weight is 330 g/mol. The molecular formula is C20H30N2O2. The molecule has 1 aromatic rings. The SMILES string of the molecule is CCC1(C(=O)N2CCC(Oc3cc(C)ccc3C)CC2)CCCN1. The number of carbonyl (C=O) groups excluding carboxylic acids is 1. The fourth-order valence-electron chi connectivity index (χ4n) is 3.94. The van der Waals surface area contributed by atoms with E-state index in [1.807, 2.05) is 4.90 Å². The van der Waals surface area contributed by atoms with Crippen LogP contribution in [0.5, 0.6) is 5.75 Å². The van der Waals surface area contributed by atoms with Crippen LogP contribution in [-0.2, 0) is 4.79 Å². The van der Waals surface area contributed by atoms with Crippen molar-refractivity contribution in [1.82, 2.24) is 10.2 Å². The Balaban J connectivity index is 1.57. The fraction of sp³-hybridized carbons (Fsp3) is 0.650. The molecule has 1 unspecified atom stereocenters. The van der Waals surface area contributed by atoms with E-state index in [0.717, 1.165) is 57.5 Å². The molecule has 0 radical (unpaired) electrons. The minimum atomic E-state index is -0.305. The summed E-state index contributed by atoms with van der Waals surface area (Å²) in [5, 5.41) is 3.46. The zero-order chi connectivity index (χ0) is 17.2. The molecule has 2 aliphatic rings. The standard InChI is InChI=1S/C20H30N2O2/c1-4-20(10-5-11-21-20)19(23)22-12-8-17(9-13-22)24-18-14-15(2)6-7-16(18)3/h6-7,14,17,21H,4-5,8-13H2,1-3H3. The maximum absolute atomic E-state index is 12.9. The van der Waals surface area contributed by atoms with E-state index in [1.165, 1.54) is 11.1 Å². The molecule has 2 aliphatic heterocycles. The lowest BCUT2D eigenvalue weighted by Crippen LogP contribution is -2.56. The smallest absolute Gasteiger partial charge is 0.242 e. The Morgan fingerprint density at radius 1 is 1.33 bits per heavy atom. The van der Waals surface area contributed by atoms with Crippen molar-refractivity contribution in [2.24, 2.45) is 0 Å². The Morgan fingerprint density at radius 3 is 2.71 bits per heavy atom. The summed E-state index contributed by atoms with van der Waals surface area (Å²) < 4.78 is 6.22. The number of carbonyl (C=O) groups is 1. The molecule has 2 fully saturated rings. The number of rotatable bonds is 4. The van der Waals surface area contributed by atoms with Gasteiger partial charge in [0, 0.05) is 25.9 Å². The van der Waals surface area contributed by atoms with Gasteiger partial charge >= 0.3 is 0 Å². The van der Waals surface area contributed by atoms with Gasteiger partial charge in [-0.3, -0.25) is 4.79 Å². The van der Waals surface area contributed by atoms with Crippen LogP contribution in [0.25, 0.3) is 0 Å². The van der Waals surface area contributed by atoms with Gasteiger partial charge in [-0.25, -0.2) is 0 Å². The first-order valence-electron chi connectivity index (χ1n) is 9.32. The molecule has 0 aliphatic carbocycles. The highest BCUT2D eigenvalue weighted by molar-refractivity contribution is 5.86. The van der Waals surface area contributed by atoms with E-state index in [1.54, 1.807) is 0 Å². The van der Waals surface area contributed by atoms with Crippen LogP contribution in [-0.4, -0.2) is 42.1 Å². The van der Waals surface area contributed by atoms with Crippen molar-refractivity contribution in [1.29, 1.82) is 0 Å². The number of nitrogens with one attached hydrogen (secondary N) is 1. The molecule has 1 N–H and O–H groups in total. The van der Waals surface area contributed by atoms with Crippen molar-refractivity contribution in [2.75, 3.05) is 19.6 Å². The molecule has 0 bridgehead atoms. The number of piperidine rings is 1. The molecule has 2 saturated heterocycles. The summed E-state index contributed by atoms with van der Waals surface area (Å²) >= 11 is 0. The molecule has 1 amide bonds. The van der Waals surface area contributed by atoms with Gasteiger partial charge in [0.2, 0.25) is 5.91 Å². The van der Waals surface area contributed by atoms with Crippen molar-refractivity contribution in [3.8, 4) is 5.75 Å². The minimum Gasteiger partial charge on any atom is -0.490 e. The van der Waals surface area contributed by atoms with Crippen LogP contribution in [0.4, 0.5) is 0 Å². The highest BCUT2D eigenvalue weighted by atomic mass is 16.5. The Hall–Kier alpha value is -1.55. The summed E-state index contributed by atoms with van der Waals surface area (Å²) in [5.74, 6) is 1.29. The van der Waals surface area contributed by atoms with Gasteiger partial charge in [0.1, 0.15) is 11.9 Å². The molecule has 4 nitrogen and oxygen atoms in total. The second-order valence-electron chi connectivity index (χ2n) is 7.34. The van der Waals surface area contributed by atoms with Crippen LogP contribution in [0.3, 0.4) is 0 Å². The van der Waals surface area contributed by atoms with Crippen LogP contribution >= 0.6 is 0 Å². The molecule has 1 atom stereocenters. The summed E-state index contributed by atoms with van der Waals surface area (Å²) in [5.41, 5.74) is 2.10. The third-order valence-corrected chi connectivity index (χ3v) is 5.62. The monoisotopic (exact) mass is 330 g/mol. The molecule has 0 saturated carbocycles. The Morgan fingerprint density at radius 2 is 2.08 bits per heavy atom. The summed E-state index contributed by atoms with van der Waals surface area (Å²) in [7, 11) is 0. The third-order valence-electron chi connectivity index (χ3n) is 5.62. The normalized spacial score (nSPS) is 25.0. The van der Waals surface area contributed by atoms with Crippen LogP contribution in [0.2, 0.25) is 0 Å². The minimum absolute atomic E-state index is 0.212. The van der Waals surface area contributed by atoms with E-state index < -0.39 is 0 Å². The quantitative estimate of drug-likeness (QED) is 0.922. The molecule has 0 spiro atoms. The summed E-state index contributed by atoms with van der Waals surface area (Å²) in [4.78, 5) is 15.0. The Kier molecular flexibility index (Phi) is 5.14. The molecule has 1 aromatic carbocycles. The first kappa shape index (κ1) is 17.3. The van der Waals surface area contributed by atoms with E-state index in [9.17, 15) is 4.79 Å². The second-order valence-corrected chi connectivity index (χ2v) is 7.34. The number of likely N-dealkylation sites (tertiary alicyclic amines) is 1. The molecule has 0 aromatic heterocycles. The predicted octanol–water partition coefficient (Wildman–Crippen LogP) is 3.21. The van der Waals surface area contributed by atoms with E-state index >= 15 is 0 Å². The first-order chi connectivity index (χ1) is 11.5. The number of nitrogens with zero attached hydrogens (tertiary/aromatic N) is 1. The first-order valence-corrected chi connectivity index (χ1v) is 9.32. The van der Waals surface area contributed by atoms with Crippen molar-refractivity contribution in [2.45, 2.75) is 64.5 Å². The maximum atomic E-state index is 12.9. The van der Waals surface area contributed by atoms with Crippen LogP contribution in [0, 0.1) is 13.8 Å². The highest BCUT2D eigenvalue weighted by Crippen LogP contribution is 2.28. The predicted molar refractivity (Wildman–Crippen MR) is 96.4 cm³/mol. The topological polar surface area (TPSA) is 41.6 Å². The van der Waals surface area contributed by atoms with Gasteiger partial charge in [-0.05, 0) is 56.8 Å². The van der Waals surface area contributed by atoms with Crippen molar-refractivity contribution in [3.05, 3.63) is 29.3 Å². The van der Waals surface area contributed by atoms with Gasteiger partial charge in [0.05, 0.1) is 5.54 Å². The van der Waals surface area contributed by atoms with Crippen molar-refractivity contribution in [3.63, 3.8) is 0 Å². The van der Waals surface area contributed by atoms with E-state index in [-0.39, 0.29) is 11.6 Å². The highest BCUT2D eigenvalue weighted by Gasteiger charge is 2.42. The number of hydrogen-bond donors (Lipinski definition) is 1. The molecule has 24 heavy (non-hydrogen) atoms. The molecule has 132 valence electrons. The fourth-order valence-corrected chi connectivity index (χ4v) is 3.94. The molecule has 3 rings (SSSR count). The maximum Gasteiger partial charge on any atom is 0.242 e. The van der Waals surface area contributed by atoms with Gasteiger partial charge in [-0.2, -0.15) is 0 Å². The largest absolute Gasteiger partial charge is 0.490 e. The van der Waals surface area contributed by atoms with Gasteiger partial charge in [0.15, 0.2) is 0 Å². The third kappa shape index (κ3) is 3.44. The average Bonchev–Trinajstić information content (AvgIpc) is 3.08. The second kappa shape index (κ2) is 7.14. The molecular weight excluding hydrogens is 300 g/mol. The van der Waals surface area contributed by atoms with Gasteiger partial charge in [-0.15, -0.1) is 0 Å². The Labute approximate surface area is 145 Å². The molecule has 4 heteroatoms. The van der Waals surface area contributed by atoms with E-state index in [4.69, 9.17) is 4.74 Å². The van der Waals surface area contributed by atoms with Crippen LogP contribution in [0.1, 0.15) is 50.2 Å². The van der Waals surface area contributed by atoms with Crippen molar-refractivity contribution >= 4 is 5.91 Å². The van der Waals surface area contributed by atoms with Crippen LogP contribution < -0.4 is 10.1 Å². The lowest BCUT2D eigenvalue weighted by atomic mass is 9.91. The zero-order valence-electron chi connectivity index (χ0n) is 15.2. The van der Waals surface area contributed by atoms with Gasteiger partial charge < -0.3 is 15.0 Å². The van der Waals surface area contributed by atoms with Gasteiger partial charge in [0.25, 0.3) is 0 Å². The Bertz CT molecular complexity index is 585.